The van der Waals surface area contributed by atoms with Crippen LogP contribution in [0.2, 0.25) is 0 Å². The highest BCUT2D eigenvalue weighted by atomic mass is 79.9. The van der Waals surface area contributed by atoms with Gasteiger partial charge in [-0.05, 0) is 30.9 Å². The van der Waals surface area contributed by atoms with Crippen molar-refractivity contribution in [2.75, 3.05) is 5.33 Å². The van der Waals surface area contributed by atoms with Gasteiger partial charge >= 0.3 is 0 Å². The Morgan fingerprint density at radius 1 is 1.14 bits per heavy atom. The number of aryl methyl sites for hydroxylation is 2. The Labute approximate surface area is 133 Å². The van der Waals surface area contributed by atoms with Gasteiger partial charge < -0.3 is 0 Å². The number of hydrogen-bond acceptors (Lipinski definition) is 1. The highest BCUT2D eigenvalue weighted by molar-refractivity contribution is 9.09. The minimum Gasteiger partial charge on any atom is -0.268 e. The zero-order valence-electron chi connectivity index (χ0n) is 12.4. The van der Waals surface area contributed by atoms with Crippen molar-refractivity contribution in [3.63, 3.8) is 0 Å². The number of alkyl halides is 1. The molecular weight excluding hydrogens is 324 g/mol. The Morgan fingerprint density at radius 3 is 2.71 bits per heavy atom. The van der Waals surface area contributed by atoms with Gasteiger partial charge in [0.05, 0.1) is 11.2 Å². The Kier molecular flexibility index (Phi) is 4.11. The van der Waals surface area contributed by atoms with E-state index in [0.29, 0.717) is 5.92 Å². The molecule has 0 amide bonds. The first-order valence-corrected chi connectivity index (χ1v) is 8.34. The molecule has 0 aliphatic rings. The lowest BCUT2D eigenvalue weighted by Gasteiger charge is -2.14. The van der Waals surface area contributed by atoms with Crippen molar-refractivity contribution in [3.05, 3.63) is 65.4 Å². The number of rotatable bonds is 4. The van der Waals surface area contributed by atoms with Crippen molar-refractivity contribution in [2.24, 2.45) is 7.05 Å². The van der Waals surface area contributed by atoms with Crippen LogP contribution in [-0.2, 0) is 13.5 Å². The van der Waals surface area contributed by atoms with E-state index in [9.17, 15) is 0 Å². The van der Waals surface area contributed by atoms with E-state index in [0.717, 1.165) is 11.8 Å². The molecule has 1 aromatic heterocycles. The van der Waals surface area contributed by atoms with Crippen molar-refractivity contribution >= 4 is 26.8 Å². The number of hydrogen-bond donors (Lipinski definition) is 0. The van der Waals surface area contributed by atoms with E-state index in [1.165, 1.54) is 27.7 Å². The lowest BCUT2D eigenvalue weighted by atomic mass is 9.94. The molecule has 0 N–H and O–H groups in total. The first-order chi connectivity index (χ1) is 10.2. The van der Waals surface area contributed by atoms with Gasteiger partial charge in [-0.1, -0.05) is 64.0 Å². The highest BCUT2D eigenvalue weighted by Crippen LogP contribution is 2.27. The van der Waals surface area contributed by atoms with Crippen LogP contribution >= 0.6 is 15.9 Å². The second kappa shape index (κ2) is 6.02. The Morgan fingerprint density at radius 2 is 1.95 bits per heavy atom. The fourth-order valence-corrected chi connectivity index (χ4v) is 3.46. The van der Waals surface area contributed by atoms with Crippen molar-refractivity contribution in [1.82, 2.24) is 9.78 Å². The summed E-state index contributed by atoms with van der Waals surface area (Å²) in [6, 6.07) is 17.2. The maximum absolute atomic E-state index is 4.72. The van der Waals surface area contributed by atoms with E-state index in [-0.39, 0.29) is 0 Å². The summed E-state index contributed by atoms with van der Waals surface area (Å²) in [7, 11) is 2.02. The normalized spacial score (nSPS) is 12.7. The van der Waals surface area contributed by atoms with E-state index >= 15 is 0 Å². The number of aromatic nitrogens is 2. The molecule has 2 aromatic carbocycles. The van der Waals surface area contributed by atoms with Gasteiger partial charge in [-0.3, -0.25) is 4.68 Å². The smallest absolute Gasteiger partial charge is 0.0709 e. The molecular formula is C18H19BrN2. The summed E-state index contributed by atoms with van der Waals surface area (Å²) in [6.07, 6.45) is 0.954. The summed E-state index contributed by atoms with van der Waals surface area (Å²) < 4.78 is 1.98. The van der Waals surface area contributed by atoms with Crippen molar-refractivity contribution in [2.45, 2.75) is 19.3 Å². The molecule has 108 valence electrons. The maximum atomic E-state index is 4.72. The van der Waals surface area contributed by atoms with Crippen LogP contribution < -0.4 is 0 Å². The Bertz CT molecular complexity index is 761. The van der Waals surface area contributed by atoms with Gasteiger partial charge in [0, 0.05) is 17.8 Å². The Hall–Kier alpha value is -1.61. The van der Waals surface area contributed by atoms with Crippen LogP contribution in [0.4, 0.5) is 0 Å². The van der Waals surface area contributed by atoms with Crippen LogP contribution in [0.25, 0.3) is 10.9 Å². The minimum absolute atomic E-state index is 0.447. The van der Waals surface area contributed by atoms with Gasteiger partial charge in [-0.2, -0.15) is 5.10 Å². The molecule has 0 spiro atoms. The van der Waals surface area contributed by atoms with Gasteiger partial charge in [0.15, 0.2) is 0 Å². The third-order valence-corrected chi connectivity index (χ3v) is 4.76. The van der Waals surface area contributed by atoms with Crippen molar-refractivity contribution in [3.8, 4) is 0 Å². The van der Waals surface area contributed by atoms with Crippen LogP contribution in [-0.4, -0.2) is 15.1 Å². The van der Waals surface area contributed by atoms with Crippen molar-refractivity contribution in [1.29, 1.82) is 0 Å². The number of para-hydroxylation sites is 1. The van der Waals surface area contributed by atoms with Crippen molar-refractivity contribution < 1.29 is 0 Å². The van der Waals surface area contributed by atoms with E-state index in [1.54, 1.807) is 0 Å². The van der Waals surface area contributed by atoms with Gasteiger partial charge in [0.1, 0.15) is 0 Å². The first-order valence-electron chi connectivity index (χ1n) is 7.22. The predicted molar refractivity (Wildman–Crippen MR) is 92.1 cm³/mol. The fraction of sp³-hybridized carbons (Fsp3) is 0.278. The molecule has 0 radical (unpaired) electrons. The molecule has 3 heteroatoms. The monoisotopic (exact) mass is 342 g/mol. The van der Waals surface area contributed by atoms with Gasteiger partial charge in [0.25, 0.3) is 0 Å². The van der Waals surface area contributed by atoms with Crippen LogP contribution in [0.3, 0.4) is 0 Å². The molecule has 1 unspecified atom stereocenters. The molecule has 1 atom stereocenters. The van der Waals surface area contributed by atoms with Gasteiger partial charge in [-0.25, -0.2) is 0 Å². The quantitative estimate of drug-likeness (QED) is 0.633. The fourth-order valence-electron chi connectivity index (χ4n) is 2.86. The summed E-state index contributed by atoms with van der Waals surface area (Å²) >= 11 is 3.67. The number of halogens is 1. The van der Waals surface area contributed by atoms with E-state index < -0.39 is 0 Å². The molecule has 0 fully saturated rings. The third kappa shape index (κ3) is 2.88. The SMILES string of the molecule is Cc1cccc(C(CBr)Cc2nn(C)c3ccccc23)c1. The zero-order chi connectivity index (χ0) is 14.8. The summed E-state index contributed by atoms with van der Waals surface area (Å²) in [5, 5.41) is 6.93. The minimum atomic E-state index is 0.447. The first kappa shape index (κ1) is 14.3. The standard InChI is InChI=1S/C18H19BrN2/c1-13-6-5-7-14(10-13)15(12-19)11-17-16-8-3-4-9-18(16)21(2)20-17/h3-10,15H,11-12H2,1-2H3. The summed E-state index contributed by atoms with van der Waals surface area (Å²) in [4.78, 5) is 0. The lowest BCUT2D eigenvalue weighted by Crippen LogP contribution is -2.06. The number of benzene rings is 2. The number of nitrogens with zero attached hydrogens (tertiary/aromatic N) is 2. The molecule has 3 rings (SSSR count). The van der Waals surface area contributed by atoms with E-state index in [1.807, 2.05) is 11.7 Å². The average Bonchev–Trinajstić information content (AvgIpc) is 2.82. The molecule has 1 heterocycles. The molecule has 0 saturated heterocycles. The van der Waals surface area contributed by atoms with E-state index in [4.69, 9.17) is 5.10 Å². The second-order valence-electron chi connectivity index (χ2n) is 5.56. The largest absolute Gasteiger partial charge is 0.268 e. The highest BCUT2D eigenvalue weighted by Gasteiger charge is 2.16. The maximum Gasteiger partial charge on any atom is 0.0709 e. The summed E-state index contributed by atoms with van der Waals surface area (Å²) in [6.45, 7) is 2.14. The van der Waals surface area contributed by atoms with Crippen LogP contribution in [0.5, 0.6) is 0 Å². The molecule has 0 aliphatic carbocycles. The molecule has 0 aliphatic heterocycles. The second-order valence-corrected chi connectivity index (χ2v) is 6.20. The predicted octanol–water partition coefficient (Wildman–Crippen LogP) is 4.60. The van der Waals surface area contributed by atoms with Crippen LogP contribution in [0.1, 0.15) is 22.7 Å². The summed E-state index contributed by atoms with van der Waals surface area (Å²) in [5.41, 5.74) is 5.06. The average molecular weight is 343 g/mol. The third-order valence-electron chi connectivity index (χ3n) is 3.97. The molecule has 3 aromatic rings. The summed E-state index contributed by atoms with van der Waals surface area (Å²) in [5.74, 6) is 0.447. The zero-order valence-corrected chi connectivity index (χ0v) is 14.0. The number of fused-ring (bicyclic) bond motifs is 1. The Balaban J connectivity index is 1.96. The molecule has 2 nitrogen and oxygen atoms in total. The van der Waals surface area contributed by atoms with Crippen LogP contribution in [0, 0.1) is 6.92 Å². The molecule has 21 heavy (non-hydrogen) atoms. The van der Waals surface area contributed by atoms with Crippen LogP contribution in [0.15, 0.2) is 48.5 Å². The lowest BCUT2D eigenvalue weighted by molar-refractivity contribution is 0.712. The van der Waals surface area contributed by atoms with Gasteiger partial charge in [-0.15, -0.1) is 0 Å². The van der Waals surface area contributed by atoms with E-state index in [2.05, 4.69) is 71.4 Å². The molecule has 0 bridgehead atoms. The topological polar surface area (TPSA) is 17.8 Å². The molecule has 0 saturated carbocycles. The van der Waals surface area contributed by atoms with Gasteiger partial charge in [0.2, 0.25) is 0 Å².